The number of nitrogens with one attached hydrogen (secondary N) is 1. The number of unbranched alkanes of at least 4 members (excludes halogenated alkanes) is 1. The lowest BCUT2D eigenvalue weighted by Gasteiger charge is -2.23. The molecule has 6 heteroatoms. The fourth-order valence-corrected chi connectivity index (χ4v) is 3.86. The van der Waals surface area contributed by atoms with E-state index in [4.69, 9.17) is 4.42 Å². The molecule has 0 radical (unpaired) electrons. The number of rotatable bonds is 10. The molecule has 1 N–H and O–H groups in total. The number of aryl methyl sites for hydroxylation is 2. The van der Waals surface area contributed by atoms with Crippen LogP contribution < -0.4 is 5.32 Å². The quantitative estimate of drug-likeness (QED) is 0.472. The van der Waals surface area contributed by atoms with Gasteiger partial charge in [-0.2, -0.15) is 11.3 Å². The first-order valence-electron chi connectivity index (χ1n) is 10.3. The van der Waals surface area contributed by atoms with Gasteiger partial charge in [-0.3, -0.25) is 4.79 Å². The molecule has 5 nitrogen and oxygen atoms in total. The van der Waals surface area contributed by atoms with Gasteiger partial charge in [-0.15, -0.1) is 10.2 Å². The van der Waals surface area contributed by atoms with E-state index in [1.807, 2.05) is 16.8 Å². The number of aromatic nitrogens is 2. The van der Waals surface area contributed by atoms with Crippen LogP contribution in [0.2, 0.25) is 0 Å². The molecular formula is C23H29N3O2S. The summed E-state index contributed by atoms with van der Waals surface area (Å²) in [6.07, 6.45) is 4.26. The molecule has 0 aliphatic carbocycles. The molecule has 0 spiro atoms. The molecule has 0 unspecified atom stereocenters. The van der Waals surface area contributed by atoms with Gasteiger partial charge in [0, 0.05) is 23.8 Å². The van der Waals surface area contributed by atoms with Crippen molar-refractivity contribution >= 4 is 17.2 Å². The van der Waals surface area contributed by atoms with Crippen LogP contribution >= 0.6 is 11.3 Å². The predicted octanol–water partition coefficient (Wildman–Crippen LogP) is 5.59. The Morgan fingerprint density at radius 2 is 1.93 bits per heavy atom. The third-order valence-corrected chi connectivity index (χ3v) is 5.63. The highest BCUT2D eigenvalue weighted by Gasteiger charge is 2.19. The maximum atomic E-state index is 12.5. The first-order chi connectivity index (χ1) is 14.1. The van der Waals surface area contributed by atoms with E-state index in [1.165, 1.54) is 18.4 Å². The molecule has 29 heavy (non-hydrogen) atoms. The predicted molar refractivity (Wildman–Crippen MR) is 117 cm³/mol. The van der Waals surface area contributed by atoms with Crippen molar-refractivity contribution in [3.05, 3.63) is 58.1 Å². The monoisotopic (exact) mass is 411 g/mol. The zero-order valence-electron chi connectivity index (χ0n) is 17.4. The molecule has 2 aromatic heterocycles. The minimum atomic E-state index is -0.00761. The van der Waals surface area contributed by atoms with Crippen molar-refractivity contribution in [2.45, 2.75) is 58.9 Å². The summed E-state index contributed by atoms with van der Waals surface area (Å²) in [5.41, 5.74) is 3.41. The van der Waals surface area contributed by atoms with Gasteiger partial charge in [-0.1, -0.05) is 51.5 Å². The van der Waals surface area contributed by atoms with E-state index >= 15 is 0 Å². The summed E-state index contributed by atoms with van der Waals surface area (Å²) in [5, 5.41) is 15.2. The van der Waals surface area contributed by atoms with Crippen molar-refractivity contribution in [2.24, 2.45) is 5.92 Å². The number of benzene rings is 1. The summed E-state index contributed by atoms with van der Waals surface area (Å²) in [6, 6.07) is 10.6. The Labute approximate surface area is 176 Å². The molecule has 0 aliphatic rings. The topological polar surface area (TPSA) is 68.0 Å². The molecule has 3 aromatic rings. The van der Waals surface area contributed by atoms with Crippen LogP contribution in [-0.2, 0) is 17.6 Å². The minimum Gasteiger partial charge on any atom is -0.421 e. The van der Waals surface area contributed by atoms with Gasteiger partial charge in [0.25, 0.3) is 0 Å². The van der Waals surface area contributed by atoms with Gasteiger partial charge in [0.1, 0.15) is 0 Å². The summed E-state index contributed by atoms with van der Waals surface area (Å²) in [4.78, 5) is 12.5. The molecule has 0 fully saturated rings. The van der Waals surface area contributed by atoms with E-state index in [1.54, 1.807) is 11.3 Å². The molecule has 1 aromatic carbocycles. The van der Waals surface area contributed by atoms with Crippen LogP contribution in [0.1, 0.15) is 63.1 Å². The minimum absolute atomic E-state index is 0.00552. The van der Waals surface area contributed by atoms with E-state index in [9.17, 15) is 4.79 Å². The van der Waals surface area contributed by atoms with Crippen LogP contribution in [-0.4, -0.2) is 16.1 Å². The fraction of sp³-hybridized carbons (Fsp3) is 0.435. The van der Waals surface area contributed by atoms with E-state index in [0.717, 1.165) is 17.5 Å². The molecule has 0 saturated carbocycles. The summed E-state index contributed by atoms with van der Waals surface area (Å²) in [6.45, 7) is 6.46. The third-order valence-electron chi connectivity index (χ3n) is 4.94. The molecule has 3 rings (SSSR count). The molecular weight excluding hydrogens is 382 g/mol. The first kappa shape index (κ1) is 21.2. The number of hydrogen-bond donors (Lipinski definition) is 1. The number of thiophene rings is 1. The lowest BCUT2D eigenvalue weighted by atomic mass is 9.94. The first-order valence-corrected chi connectivity index (χ1v) is 11.2. The maximum absolute atomic E-state index is 12.5. The average molecular weight is 412 g/mol. The second-order valence-corrected chi connectivity index (χ2v) is 8.43. The van der Waals surface area contributed by atoms with Gasteiger partial charge in [0.15, 0.2) is 0 Å². The van der Waals surface area contributed by atoms with Gasteiger partial charge in [0.05, 0.1) is 6.04 Å². The molecule has 1 atom stereocenters. The Kier molecular flexibility index (Phi) is 7.58. The van der Waals surface area contributed by atoms with E-state index in [0.29, 0.717) is 30.5 Å². The second-order valence-electron chi connectivity index (χ2n) is 7.65. The van der Waals surface area contributed by atoms with Gasteiger partial charge < -0.3 is 9.73 Å². The van der Waals surface area contributed by atoms with E-state index in [-0.39, 0.29) is 11.9 Å². The number of amides is 1. The van der Waals surface area contributed by atoms with Crippen LogP contribution in [0.5, 0.6) is 0 Å². The van der Waals surface area contributed by atoms with Crippen LogP contribution in [0.3, 0.4) is 0 Å². The second kappa shape index (κ2) is 10.3. The van der Waals surface area contributed by atoms with Crippen LogP contribution in [0.25, 0.3) is 11.5 Å². The zero-order chi connectivity index (χ0) is 20.6. The smallest absolute Gasteiger partial charge is 0.248 e. The van der Waals surface area contributed by atoms with E-state index in [2.05, 4.69) is 60.6 Å². The lowest BCUT2D eigenvalue weighted by Crippen LogP contribution is -2.31. The SMILES string of the molecule is CCCCc1ccc([C@@H](NC(=O)CCc2nnc(-c3ccsc3)o2)C(C)C)cc1. The van der Waals surface area contributed by atoms with Crippen LogP contribution in [0.4, 0.5) is 0 Å². The Morgan fingerprint density at radius 3 is 2.59 bits per heavy atom. The Bertz CT molecular complexity index is 885. The van der Waals surface area contributed by atoms with Crippen molar-refractivity contribution in [2.75, 3.05) is 0 Å². The number of carbonyl (C=O) groups is 1. The van der Waals surface area contributed by atoms with Crippen molar-refractivity contribution < 1.29 is 9.21 Å². The molecule has 154 valence electrons. The Hall–Kier alpha value is -2.47. The Balaban J connectivity index is 1.55. The van der Waals surface area contributed by atoms with Crippen LogP contribution in [0.15, 0.2) is 45.5 Å². The third kappa shape index (κ3) is 6.00. The van der Waals surface area contributed by atoms with Gasteiger partial charge in [-0.05, 0) is 41.3 Å². The van der Waals surface area contributed by atoms with Crippen molar-refractivity contribution in [1.82, 2.24) is 15.5 Å². The normalized spacial score (nSPS) is 12.3. The highest BCUT2D eigenvalue weighted by atomic mass is 32.1. The van der Waals surface area contributed by atoms with Crippen molar-refractivity contribution in [1.29, 1.82) is 0 Å². The number of nitrogens with zero attached hydrogens (tertiary/aromatic N) is 2. The van der Waals surface area contributed by atoms with Crippen molar-refractivity contribution in [3.8, 4) is 11.5 Å². The summed E-state index contributed by atoms with van der Waals surface area (Å²) in [5.74, 6) is 1.29. The van der Waals surface area contributed by atoms with Crippen molar-refractivity contribution in [3.63, 3.8) is 0 Å². The Morgan fingerprint density at radius 1 is 1.14 bits per heavy atom. The number of hydrogen-bond acceptors (Lipinski definition) is 5. The molecule has 2 heterocycles. The molecule has 0 saturated heterocycles. The van der Waals surface area contributed by atoms with Gasteiger partial charge in [0.2, 0.25) is 17.7 Å². The largest absolute Gasteiger partial charge is 0.421 e. The highest BCUT2D eigenvalue weighted by molar-refractivity contribution is 7.08. The van der Waals surface area contributed by atoms with Gasteiger partial charge in [-0.25, -0.2) is 0 Å². The maximum Gasteiger partial charge on any atom is 0.248 e. The molecule has 1 amide bonds. The average Bonchev–Trinajstić information content (AvgIpc) is 3.41. The standard InChI is InChI=1S/C23H29N3O2S/c1-4-5-6-17-7-9-18(10-8-17)22(16(2)3)24-20(27)11-12-21-25-26-23(28-21)19-13-14-29-15-19/h7-10,13-16,22H,4-6,11-12H2,1-3H3,(H,24,27)/t22-/m0/s1. The summed E-state index contributed by atoms with van der Waals surface area (Å²) < 4.78 is 5.67. The zero-order valence-corrected chi connectivity index (χ0v) is 18.2. The number of carbonyl (C=O) groups excluding carboxylic acids is 1. The molecule has 0 aliphatic heterocycles. The lowest BCUT2D eigenvalue weighted by molar-refractivity contribution is -0.122. The summed E-state index contributed by atoms with van der Waals surface area (Å²) >= 11 is 1.58. The highest BCUT2D eigenvalue weighted by Crippen LogP contribution is 2.23. The molecule has 0 bridgehead atoms. The summed E-state index contributed by atoms with van der Waals surface area (Å²) in [7, 11) is 0. The fourth-order valence-electron chi connectivity index (χ4n) is 3.23. The van der Waals surface area contributed by atoms with E-state index < -0.39 is 0 Å². The van der Waals surface area contributed by atoms with Crippen LogP contribution in [0, 0.1) is 5.92 Å². The van der Waals surface area contributed by atoms with Gasteiger partial charge >= 0.3 is 0 Å².